The zero-order chi connectivity index (χ0) is 13.5. The Morgan fingerprint density at radius 3 is 2.47 bits per heavy atom. The average Bonchev–Trinajstić information content (AvgIpc) is 3.21. The number of carbonyl (C=O) groups excluding carboxylic acids is 1. The number of likely N-dealkylation sites (tertiary alicyclic amines) is 1. The van der Waals surface area contributed by atoms with Crippen molar-refractivity contribution in [3.63, 3.8) is 0 Å². The van der Waals surface area contributed by atoms with Gasteiger partial charge in [0.1, 0.15) is 5.82 Å². The van der Waals surface area contributed by atoms with E-state index in [4.69, 9.17) is 0 Å². The number of halogens is 1. The van der Waals surface area contributed by atoms with Crippen LogP contribution >= 0.6 is 0 Å². The van der Waals surface area contributed by atoms with Gasteiger partial charge in [-0.3, -0.25) is 4.79 Å². The number of piperidine rings is 1. The predicted molar refractivity (Wildman–Crippen MR) is 72.3 cm³/mol. The van der Waals surface area contributed by atoms with Gasteiger partial charge >= 0.3 is 0 Å². The molecule has 0 atom stereocenters. The largest absolute Gasteiger partial charge is 0.342 e. The Bertz CT molecular complexity index is 487. The van der Waals surface area contributed by atoms with Gasteiger partial charge in [0.05, 0.1) is 5.41 Å². The monoisotopic (exact) mass is 261 g/mol. The van der Waals surface area contributed by atoms with Crippen molar-refractivity contribution in [3.8, 4) is 0 Å². The van der Waals surface area contributed by atoms with Gasteiger partial charge in [0.2, 0.25) is 5.91 Å². The molecule has 0 aromatic heterocycles. The Morgan fingerprint density at radius 1 is 1.26 bits per heavy atom. The number of carbonyl (C=O) groups is 1. The molecule has 3 heteroatoms. The van der Waals surface area contributed by atoms with E-state index in [0.717, 1.165) is 38.8 Å². The summed E-state index contributed by atoms with van der Waals surface area (Å²) in [5, 5.41) is 0. The molecule has 0 unspecified atom stereocenters. The Kier molecular flexibility index (Phi) is 3.08. The molecule has 1 saturated heterocycles. The van der Waals surface area contributed by atoms with Crippen LogP contribution in [-0.4, -0.2) is 23.9 Å². The maximum Gasteiger partial charge on any atom is 0.233 e. The van der Waals surface area contributed by atoms with Crippen molar-refractivity contribution in [1.82, 2.24) is 4.90 Å². The third-order valence-corrected chi connectivity index (χ3v) is 4.62. The summed E-state index contributed by atoms with van der Waals surface area (Å²) >= 11 is 0. The van der Waals surface area contributed by atoms with Crippen molar-refractivity contribution >= 4 is 5.91 Å². The van der Waals surface area contributed by atoms with Gasteiger partial charge in [-0.25, -0.2) is 4.39 Å². The molecular weight excluding hydrogens is 241 g/mol. The first-order valence-corrected chi connectivity index (χ1v) is 7.18. The first-order chi connectivity index (χ1) is 9.13. The Morgan fingerprint density at radius 2 is 1.89 bits per heavy atom. The summed E-state index contributed by atoms with van der Waals surface area (Å²) in [6.45, 7) is 3.89. The SMILES string of the molecule is CC1CCN(C(=O)C2(c3ccccc3F)CC2)CC1. The number of amides is 1. The van der Waals surface area contributed by atoms with Gasteiger partial charge in [-0.05, 0) is 37.7 Å². The summed E-state index contributed by atoms with van der Waals surface area (Å²) in [6, 6.07) is 6.74. The highest BCUT2D eigenvalue weighted by Crippen LogP contribution is 2.50. The molecule has 1 aromatic rings. The number of hydrogen-bond acceptors (Lipinski definition) is 1. The van der Waals surface area contributed by atoms with E-state index in [1.54, 1.807) is 12.1 Å². The number of rotatable bonds is 2. The molecule has 19 heavy (non-hydrogen) atoms. The van der Waals surface area contributed by atoms with Crippen LogP contribution in [0.5, 0.6) is 0 Å². The van der Waals surface area contributed by atoms with Crippen LogP contribution in [0.2, 0.25) is 0 Å². The molecule has 2 nitrogen and oxygen atoms in total. The number of hydrogen-bond donors (Lipinski definition) is 0. The molecule has 3 rings (SSSR count). The normalized spacial score (nSPS) is 22.3. The van der Waals surface area contributed by atoms with E-state index < -0.39 is 5.41 Å². The smallest absolute Gasteiger partial charge is 0.233 e. The Labute approximate surface area is 113 Å². The van der Waals surface area contributed by atoms with Gasteiger partial charge in [-0.2, -0.15) is 0 Å². The first-order valence-electron chi connectivity index (χ1n) is 7.18. The lowest BCUT2D eigenvalue weighted by Gasteiger charge is -2.33. The Hall–Kier alpha value is -1.38. The topological polar surface area (TPSA) is 20.3 Å². The third-order valence-electron chi connectivity index (χ3n) is 4.62. The summed E-state index contributed by atoms with van der Waals surface area (Å²) in [5.41, 5.74) is 0.0463. The lowest BCUT2D eigenvalue weighted by Crippen LogP contribution is -2.44. The summed E-state index contributed by atoms with van der Waals surface area (Å²) in [6.07, 6.45) is 3.72. The highest BCUT2D eigenvalue weighted by atomic mass is 19.1. The second-order valence-electron chi connectivity index (χ2n) is 6.04. The van der Waals surface area contributed by atoms with Crippen LogP contribution in [0.15, 0.2) is 24.3 Å². The van der Waals surface area contributed by atoms with Crippen LogP contribution in [0, 0.1) is 11.7 Å². The van der Waals surface area contributed by atoms with Crippen LogP contribution in [0.25, 0.3) is 0 Å². The molecule has 1 heterocycles. The van der Waals surface area contributed by atoms with Crippen molar-refractivity contribution in [2.24, 2.45) is 5.92 Å². The Balaban J connectivity index is 1.82. The lowest BCUT2D eigenvalue weighted by molar-refractivity contribution is -0.135. The van der Waals surface area contributed by atoms with Crippen LogP contribution in [0.1, 0.15) is 38.2 Å². The second kappa shape index (κ2) is 4.62. The second-order valence-corrected chi connectivity index (χ2v) is 6.04. The molecular formula is C16H20FNO. The number of benzene rings is 1. The van der Waals surface area contributed by atoms with E-state index in [1.807, 2.05) is 11.0 Å². The lowest BCUT2D eigenvalue weighted by atomic mass is 9.91. The van der Waals surface area contributed by atoms with Crippen LogP contribution in [0.3, 0.4) is 0 Å². The molecule has 1 aliphatic heterocycles. The molecule has 1 saturated carbocycles. The molecule has 0 radical (unpaired) electrons. The molecule has 102 valence electrons. The van der Waals surface area contributed by atoms with Crippen LogP contribution < -0.4 is 0 Å². The van der Waals surface area contributed by atoms with Gasteiger partial charge in [0, 0.05) is 18.7 Å². The van der Waals surface area contributed by atoms with Crippen LogP contribution in [-0.2, 0) is 10.2 Å². The predicted octanol–water partition coefficient (Wildman–Crippen LogP) is 3.12. The average molecular weight is 261 g/mol. The van der Waals surface area contributed by atoms with E-state index in [2.05, 4.69) is 6.92 Å². The van der Waals surface area contributed by atoms with Gasteiger partial charge in [-0.15, -0.1) is 0 Å². The quantitative estimate of drug-likeness (QED) is 0.801. The van der Waals surface area contributed by atoms with Gasteiger partial charge in [0.15, 0.2) is 0 Å². The zero-order valence-electron chi connectivity index (χ0n) is 11.4. The summed E-state index contributed by atoms with van der Waals surface area (Å²) in [7, 11) is 0. The highest BCUT2D eigenvalue weighted by molar-refractivity contribution is 5.91. The highest BCUT2D eigenvalue weighted by Gasteiger charge is 2.54. The number of nitrogens with zero attached hydrogens (tertiary/aromatic N) is 1. The van der Waals surface area contributed by atoms with Crippen molar-refractivity contribution in [1.29, 1.82) is 0 Å². The molecule has 0 bridgehead atoms. The minimum atomic E-state index is -0.550. The van der Waals surface area contributed by atoms with Crippen molar-refractivity contribution in [2.75, 3.05) is 13.1 Å². The van der Waals surface area contributed by atoms with Crippen LogP contribution in [0.4, 0.5) is 4.39 Å². The van der Waals surface area contributed by atoms with E-state index in [-0.39, 0.29) is 11.7 Å². The molecule has 0 spiro atoms. The zero-order valence-corrected chi connectivity index (χ0v) is 11.4. The van der Waals surface area contributed by atoms with Crippen molar-refractivity contribution in [3.05, 3.63) is 35.6 Å². The van der Waals surface area contributed by atoms with E-state index in [1.165, 1.54) is 6.07 Å². The molecule has 1 aliphatic carbocycles. The van der Waals surface area contributed by atoms with E-state index in [0.29, 0.717) is 11.5 Å². The van der Waals surface area contributed by atoms with E-state index >= 15 is 0 Å². The van der Waals surface area contributed by atoms with E-state index in [9.17, 15) is 9.18 Å². The molecule has 0 N–H and O–H groups in total. The van der Waals surface area contributed by atoms with Gasteiger partial charge in [0.25, 0.3) is 0 Å². The first kappa shape index (κ1) is 12.6. The molecule has 2 fully saturated rings. The summed E-state index contributed by atoms with van der Waals surface area (Å²) in [4.78, 5) is 14.6. The fraction of sp³-hybridized carbons (Fsp3) is 0.562. The minimum absolute atomic E-state index is 0.143. The molecule has 2 aliphatic rings. The molecule has 1 amide bonds. The molecule has 1 aromatic carbocycles. The third kappa shape index (κ3) is 2.15. The fourth-order valence-electron chi connectivity index (χ4n) is 3.09. The minimum Gasteiger partial charge on any atom is -0.342 e. The van der Waals surface area contributed by atoms with Gasteiger partial charge in [-0.1, -0.05) is 25.1 Å². The van der Waals surface area contributed by atoms with Gasteiger partial charge < -0.3 is 4.90 Å². The fourth-order valence-corrected chi connectivity index (χ4v) is 3.09. The maximum atomic E-state index is 13.9. The summed E-state index contributed by atoms with van der Waals surface area (Å²) < 4.78 is 13.9. The summed E-state index contributed by atoms with van der Waals surface area (Å²) in [5.74, 6) is 0.607. The van der Waals surface area contributed by atoms with Crippen molar-refractivity contribution < 1.29 is 9.18 Å². The maximum absolute atomic E-state index is 13.9. The van der Waals surface area contributed by atoms with Crippen molar-refractivity contribution in [2.45, 2.75) is 38.0 Å². The standard InChI is InChI=1S/C16H20FNO/c1-12-6-10-18(11-7-12)15(19)16(8-9-16)13-4-2-3-5-14(13)17/h2-5,12H,6-11H2,1H3.